The van der Waals surface area contributed by atoms with Crippen molar-refractivity contribution < 1.29 is 9.47 Å². The van der Waals surface area contributed by atoms with E-state index in [0.717, 1.165) is 17.1 Å². The van der Waals surface area contributed by atoms with E-state index in [2.05, 4.69) is 18.8 Å². The Labute approximate surface area is 107 Å². The lowest BCUT2D eigenvalue weighted by atomic mass is 10.1. The van der Waals surface area contributed by atoms with Crippen LogP contribution in [0.2, 0.25) is 0 Å². The van der Waals surface area contributed by atoms with Gasteiger partial charge in [-0.3, -0.25) is 0 Å². The van der Waals surface area contributed by atoms with Crippen molar-refractivity contribution in [3.8, 4) is 11.5 Å². The first kappa shape index (κ1) is 13.9. The molecule has 1 aromatic rings. The van der Waals surface area contributed by atoms with Crippen LogP contribution in [-0.4, -0.2) is 20.8 Å². The van der Waals surface area contributed by atoms with Crippen LogP contribution in [0.3, 0.4) is 0 Å². The van der Waals surface area contributed by atoms with E-state index in [1.165, 1.54) is 0 Å². The molecule has 0 bridgehead atoms. The average Bonchev–Trinajstić information content (AvgIpc) is 2.34. The highest BCUT2D eigenvalue weighted by atomic mass is 35.5. The number of nitrogens with one attached hydrogen (secondary N) is 1. The van der Waals surface area contributed by atoms with Gasteiger partial charge in [-0.15, -0.1) is 0 Å². The fraction of sp³-hybridized carbons (Fsp3) is 0.385. The van der Waals surface area contributed by atoms with Crippen molar-refractivity contribution in [2.24, 2.45) is 0 Å². The van der Waals surface area contributed by atoms with Gasteiger partial charge in [0.2, 0.25) is 0 Å². The van der Waals surface area contributed by atoms with Gasteiger partial charge in [0.25, 0.3) is 0 Å². The Kier molecular flexibility index (Phi) is 5.32. The molecule has 1 unspecified atom stereocenters. The standard InChI is InChI=1S/C13H18ClNO2/c1-9(14)8-17-13-7-11(16-4)5-6-12(13)10(2)15-3/h5-7,10,15H,1,8H2,2-4H3. The highest BCUT2D eigenvalue weighted by molar-refractivity contribution is 6.29. The average molecular weight is 256 g/mol. The third-order valence-corrected chi connectivity index (χ3v) is 2.61. The number of halogens is 1. The molecule has 4 heteroatoms. The minimum atomic E-state index is 0.194. The van der Waals surface area contributed by atoms with E-state index < -0.39 is 0 Å². The zero-order chi connectivity index (χ0) is 12.8. The fourth-order valence-electron chi connectivity index (χ4n) is 1.44. The van der Waals surface area contributed by atoms with E-state index >= 15 is 0 Å². The second-order valence-corrected chi connectivity index (χ2v) is 4.25. The van der Waals surface area contributed by atoms with E-state index in [1.54, 1.807) is 7.11 Å². The number of rotatable bonds is 6. The summed E-state index contributed by atoms with van der Waals surface area (Å²) in [5.41, 5.74) is 1.06. The van der Waals surface area contributed by atoms with Crippen LogP contribution < -0.4 is 14.8 Å². The molecule has 0 aliphatic carbocycles. The Morgan fingerprint density at radius 2 is 2.24 bits per heavy atom. The molecule has 94 valence electrons. The monoisotopic (exact) mass is 255 g/mol. The van der Waals surface area contributed by atoms with Gasteiger partial charge in [-0.1, -0.05) is 24.2 Å². The summed E-state index contributed by atoms with van der Waals surface area (Å²) in [5, 5.41) is 3.64. The molecular formula is C13H18ClNO2. The minimum absolute atomic E-state index is 0.194. The summed E-state index contributed by atoms with van der Waals surface area (Å²) in [6.07, 6.45) is 0. The Balaban J connectivity index is 2.98. The van der Waals surface area contributed by atoms with E-state index in [-0.39, 0.29) is 12.6 Å². The zero-order valence-corrected chi connectivity index (χ0v) is 11.2. The highest BCUT2D eigenvalue weighted by Crippen LogP contribution is 2.29. The van der Waals surface area contributed by atoms with Crippen LogP contribution in [0.25, 0.3) is 0 Å². The Morgan fingerprint density at radius 1 is 1.53 bits per heavy atom. The molecule has 0 radical (unpaired) electrons. The van der Waals surface area contributed by atoms with Gasteiger partial charge in [-0.05, 0) is 20.0 Å². The molecule has 0 aromatic heterocycles. The number of methoxy groups -OCH3 is 1. The number of ether oxygens (including phenoxy) is 2. The van der Waals surface area contributed by atoms with Gasteiger partial charge in [0, 0.05) is 22.7 Å². The smallest absolute Gasteiger partial charge is 0.128 e. The van der Waals surface area contributed by atoms with Crippen molar-refractivity contribution in [2.75, 3.05) is 20.8 Å². The molecule has 3 nitrogen and oxygen atoms in total. The van der Waals surface area contributed by atoms with Crippen LogP contribution in [-0.2, 0) is 0 Å². The maximum Gasteiger partial charge on any atom is 0.128 e. The van der Waals surface area contributed by atoms with Crippen molar-refractivity contribution in [3.05, 3.63) is 35.4 Å². The van der Waals surface area contributed by atoms with Gasteiger partial charge >= 0.3 is 0 Å². The van der Waals surface area contributed by atoms with Crippen molar-refractivity contribution in [3.63, 3.8) is 0 Å². The first-order valence-electron chi connectivity index (χ1n) is 5.39. The van der Waals surface area contributed by atoms with Crippen LogP contribution in [0.4, 0.5) is 0 Å². The molecule has 1 atom stereocenters. The van der Waals surface area contributed by atoms with E-state index in [9.17, 15) is 0 Å². The lowest BCUT2D eigenvalue weighted by Crippen LogP contribution is -2.14. The zero-order valence-electron chi connectivity index (χ0n) is 10.4. The first-order valence-corrected chi connectivity index (χ1v) is 5.77. The largest absolute Gasteiger partial charge is 0.497 e. The lowest BCUT2D eigenvalue weighted by molar-refractivity contribution is 0.346. The van der Waals surface area contributed by atoms with Gasteiger partial charge in [-0.25, -0.2) is 0 Å². The molecule has 0 spiro atoms. The van der Waals surface area contributed by atoms with Crippen molar-refractivity contribution in [2.45, 2.75) is 13.0 Å². The summed E-state index contributed by atoms with van der Waals surface area (Å²) in [6.45, 7) is 5.95. The molecular weight excluding hydrogens is 238 g/mol. The third-order valence-electron chi connectivity index (χ3n) is 2.50. The van der Waals surface area contributed by atoms with Crippen molar-refractivity contribution in [1.29, 1.82) is 0 Å². The van der Waals surface area contributed by atoms with Crippen LogP contribution in [0.15, 0.2) is 29.8 Å². The summed E-state index contributed by atoms with van der Waals surface area (Å²) in [6, 6.07) is 5.93. The highest BCUT2D eigenvalue weighted by Gasteiger charge is 2.11. The Hall–Kier alpha value is -1.19. The van der Waals surface area contributed by atoms with Crippen molar-refractivity contribution in [1.82, 2.24) is 5.32 Å². The first-order chi connectivity index (χ1) is 8.08. The summed E-state index contributed by atoms with van der Waals surface area (Å²) in [5.74, 6) is 1.51. The predicted molar refractivity (Wildman–Crippen MR) is 71.0 cm³/mol. The molecule has 17 heavy (non-hydrogen) atoms. The van der Waals surface area contributed by atoms with Crippen LogP contribution >= 0.6 is 11.6 Å². The van der Waals surface area contributed by atoms with Crippen LogP contribution in [0.1, 0.15) is 18.5 Å². The molecule has 0 heterocycles. The molecule has 0 aliphatic rings. The molecule has 1 rings (SSSR count). The number of hydrogen-bond donors (Lipinski definition) is 1. The van der Waals surface area contributed by atoms with E-state index in [4.69, 9.17) is 21.1 Å². The minimum Gasteiger partial charge on any atom is -0.497 e. The maximum absolute atomic E-state index is 5.70. The quantitative estimate of drug-likeness (QED) is 0.847. The Morgan fingerprint density at radius 3 is 2.76 bits per heavy atom. The summed E-state index contributed by atoms with van der Waals surface area (Å²) >= 11 is 5.70. The normalized spacial score (nSPS) is 12.0. The van der Waals surface area contributed by atoms with Gasteiger partial charge in [0.1, 0.15) is 18.1 Å². The molecule has 0 saturated heterocycles. The number of hydrogen-bond acceptors (Lipinski definition) is 3. The summed E-state index contributed by atoms with van der Waals surface area (Å²) in [4.78, 5) is 0. The second kappa shape index (κ2) is 6.52. The molecule has 0 amide bonds. The predicted octanol–water partition coefficient (Wildman–Crippen LogP) is 3.11. The van der Waals surface area contributed by atoms with Crippen LogP contribution in [0, 0.1) is 0 Å². The lowest BCUT2D eigenvalue weighted by Gasteiger charge is -2.17. The molecule has 1 aromatic carbocycles. The summed E-state index contributed by atoms with van der Waals surface area (Å²) in [7, 11) is 3.53. The topological polar surface area (TPSA) is 30.5 Å². The SMILES string of the molecule is C=C(Cl)COc1cc(OC)ccc1C(C)NC. The molecule has 0 saturated carbocycles. The van der Waals surface area contributed by atoms with Gasteiger partial charge in [0.05, 0.1) is 7.11 Å². The second-order valence-electron chi connectivity index (χ2n) is 3.72. The van der Waals surface area contributed by atoms with Gasteiger partial charge < -0.3 is 14.8 Å². The Bertz CT molecular complexity index is 393. The molecule has 0 aliphatic heterocycles. The summed E-state index contributed by atoms with van der Waals surface area (Å²) < 4.78 is 10.8. The number of benzene rings is 1. The fourth-order valence-corrected chi connectivity index (χ4v) is 1.49. The van der Waals surface area contributed by atoms with Crippen molar-refractivity contribution >= 4 is 11.6 Å². The van der Waals surface area contributed by atoms with Gasteiger partial charge in [-0.2, -0.15) is 0 Å². The van der Waals surface area contributed by atoms with E-state index in [1.807, 2.05) is 25.2 Å². The third kappa shape index (κ3) is 3.95. The molecule has 0 fully saturated rings. The van der Waals surface area contributed by atoms with Gasteiger partial charge in [0.15, 0.2) is 0 Å². The maximum atomic E-state index is 5.70. The van der Waals surface area contributed by atoms with Crippen LogP contribution in [0.5, 0.6) is 11.5 Å². The van der Waals surface area contributed by atoms with E-state index in [0.29, 0.717) is 5.03 Å². The molecule has 1 N–H and O–H groups in total.